The molecule has 3 rings (SSSR count). The Bertz CT molecular complexity index is 609. The Morgan fingerprint density at radius 2 is 1.89 bits per heavy atom. The third-order valence-corrected chi connectivity index (χ3v) is 4.09. The molecule has 0 N–H and O–H groups in total. The van der Waals surface area contributed by atoms with E-state index < -0.39 is 0 Å². The van der Waals surface area contributed by atoms with E-state index in [1.54, 1.807) is 4.90 Å². The zero-order valence-corrected chi connectivity index (χ0v) is 12.6. The minimum atomic E-state index is 0.774. The highest BCUT2D eigenvalue weighted by molar-refractivity contribution is 14.1. The molecule has 0 spiro atoms. The molecule has 19 heavy (non-hydrogen) atoms. The largest absolute Gasteiger partial charge is 0.353 e. The van der Waals surface area contributed by atoms with E-state index in [2.05, 4.69) is 57.8 Å². The summed E-state index contributed by atoms with van der Waals surface area (Å²) in [7, 11) is 0. The molecular weight excluding hydrogens is 353 g/mol. The van der Waals surface area contributed by atoms with Gasteiger partial charge in [0.05, 0.1) is 5.52 Å². The van der Waals surface area contributed by atoms with E-state index in [1.165, 1.54) is 8.96 Å². The van der Waals surface area contributed by atoms with Crippen LogP contribution in [0.4, 0.5) is 5.82 Å². The van der Waals surface area contributed by atoms with E-state index in [9.17, 15) is 4.79 Å². The maximum absolute atomic E-state index is 10.7. The molecule has 0 atom stereocenters. The fourth-order valence-corrected chi connectivity index (χ4v) is 2.83. The first kappa shape index (κ1) is 12.7. The Morgan fingerprint density at radius 3 is 2.63 bits per heavy atom. The predicted molar refractivity (Wildman–Crippen MR) is 84.3 cm³/mol. The molecule has 0 bridgehead atoms. The number of pyridine rings is 1. The topological polar surface area (TPSA) is 36.4 Å². The van der Waals surface area contributed by atoms with Crippen LogP contribution < -0.4 is 4.90 Å². The van der Waals surface area contributed by atoms with Crippen LogP contribution in [-0.2, 0) is 4.79 Å². The zero-order chi connectivity index (χ0) is 13.2. The van der Waals surface area contributed by atoms with Crippen molar-refractivity contribution in [1.29, 1.82) is 0 Å². The van der Waals surface area contributed by atoms with Crippen molar-refractivity contribution in [1.82, 2.24) is 9.88 Å². The number of amides is 1. The molecule has 4 nitrogen and oxygen atoms in total. The van der Waals surface area contributed by atoms with Gasteiger partial charge in [0.25, 0.3) is 0 Å². The smallest absolute Gasteiger partial charge is 0.209 e. The van der Waals surface area contributed by atoms with Crippen LogP contribution in [0.1, 0.15) is 0 Å². The van der Waals surface area contributed by atoms with Crippen LogP contribution >= 0.6 is 22.6 Å². The molecule has 98 valence electrons. The fraction of sp³-hybridized carbons (Fsp3) is 0.286. The summed E-state index contributed by atoms with van der Waals surface area (Å²) >= 11 is 2.31. The number of piperazine rings is 1. The molecule has 0 saturated carbocycles. The maximum Gasteiger partial charge on any atom is 0.209 e. The molecule has 1 aliphatic heterocycles. The summed E-state index contributed by atoms with van der Waals surface area (Å²) in [6.45, 7) is 3.25. The Morgan fingerprint density at radius 1 is 1.11 bits per heavy atom. The third kappa shape index (κ3) is 2.65. The third-order valence-electron chi connectivity index (χ3n) is 3.42. The molecule has 1 aromatic heterocycles. The average molecular weight is 367 g/mol. The van der Waals surface area contributed by atoms with Gasteiger partial charge in [-0.25, -0.2) is 4.98 Å². The van der Waals surface area contributed by atoms with Gasteiger partial charge in [-0.3, -0.25) is 4.79 Å². The number of carbonyl (C=O) groups excluding carboxylic acids is 1. The number of anilines is 1. The van der Waals surface area contributed by atoms with Crippen molar-refractivity contribution in [3.8, 4) is 0 Å². The minimum Gasteiger partial charge on any atom is -0.353 e. The van der Waals surface area contributed by atoms with Crippen LogP contribution in [0.15, 0.2) is 30.3 Å². The molecule has 1 aromatic carbocycles. The van der Waals surface area contributed by atoms with E-state index in [4.69, 9.17) is 4.98 Å². The van der Waals surface area contributed by atoms with Gasteiger partial charge in [-0.1, -0.05) is 0 Å². The molecule has 1 aliphatic rings. The number of aromatic nitrogens is 1. The summed E-state index contributed by atoms with van der Waals surface area (Å²) < 4.78 is 1.22. The number of nitrogens with zero attached hydrogens (tertiary/aromatic N) is 3. The van der Waals surface area contributed by atoms with Crippen molar-refractivity contribution >= 4 is 45.7 Å². The van der Waals surface area contributed by atoms with Gasteiger partial charge in [-0.05, 0) is 52.9 Å². The van der Waals surface area contributed by atoms with Crippen molar-refractivity contribution in [3.05, 3.63) is 33.9 Å². The van der Waals surface area contributed by atoms with Gasteiger partial charge in [0, 0.05) is 35.1 Å². The molecule has 2 heterocycles. The first-order chi connectivity index (χ1) is 9.26. The van der Waals surface area contributed by atoms with Gasteiger partial charge in [0.15, 0.2) is 0 Å². The van der Waals surface area contributed by atoms with Gasteiger partial charge >= 0.3 is 0 Å². The average Bonchev–Trinajstić information content (AvgIpc) is 2.47. The number of hydrogen-bond donors (Lipinski definition) is 0. The van der Waals surface area contributed by atoms with Crippen LogP contribution in [0.3, 0.4) is 0 Å². The lowest BCUT2D eigenvalue weighted by Gasteiger charge is -2.33. The summed E-state index contributed by atoms with van der Waals surface area (Å²) in [4.78, 5) is 19.4. The van der Waals surface area contributed by atoms with Gasteiger partial charge in [-0.2, -0.15) is 0 Å². The Kier molecular flexibility index (Phi) is 3.54. The molecule has 1 saturated heterocycles. The number of halogens is 1. The van der Waals surface area contributed by atoms with Gasteiger partial charge in [0.2, 0.25) is 6.41 Å². The van der Waals surface area contributed by atoms with Crippen LogP contribution in [-0.4, -0.2) is 42.5 Å². The van der Waals surface area contributed by atoms with Crippen molar-refractivity contribution in [2.45, 2.75) is 0 Å². The second-order valence-electron chi connectivity index (χ2n) is 4.63. The van der Waals surface area contributed by atoms with E-state index in [0.717, 1.165) is 43.9 Å². The summed E-state index contributed by atoms with van der Waals surface area (Å²) in [5.41, 5.74) is 1.02. The fourth-order valence-electron chi connectivity index (χ4n) is 2.32. The van der Waals surface area contributed by atoms with Gasteiger partial charge < -0.3 is 9.80 Å². The lowest BCUT2D eigenvalue weighted by atomic mass is 10.2. The van der Waals surface area contributed by atoms with Crippen LogP contribution in [0, 0.1) is 3.57 Å². The van der Waals surface area contributed by atoms with E-state index in [1.807, 2.05) is 0 Å². The number of hydrogen-bond acceptors (Lipinski definition) is 3. The highest BCUT2D eigenvalue weighted by Crippen LogP contribution is 2.20. The molecular formula is C14H14IN3O. The normalized spacial score (nSPS) is 15.8. The number of fused-ring (bicyclic) bond motifs is 1. The Balaban J connectivity index is 1.85. The van der Waals surface area contributed by atoms with E-state index >= 15 is 0 Å². The number of carbonyl (C=O) groups is 1. The lowest BCUT2D eigenvalue weighted by Crippen LogP contribution is -2.46. The van der Waals surface area contributed by atoms with Crippen molar-refractivity contribution in [2.75, 3.05) is 31.1 Å². The number of rotatable bonds is 2. The Hall–Kier alpha value is -1.37. The monoisotopic (exact) mass is 367 g/mol. The maximum atomic E-state index is 10.7. The molecule has 1 amide bonds. The standard InChI is InChI=1S/C14H14IN3O/c15-12-2-3-13-11(9-12)1-4-14(16-13)18-7-5-17(10-19)6-8-18/h1-4,9-10H,5-8H2. The highest BCUT2D eigenvalue weighted by Gasteiger charge is 2.16. The van der Waals surface area contributed by atoms with Crippen LogP contribution in [0.5, 0.6) is 0 Å². The van der Waals surface area contributed by atoms with E-state index in [-0.39, 0.29) is 0 Å². The minimum absolute atomic E-state index is 0.774. The summed E-state index contributed by atoms with van der Waals surface area (Å²) in [5, 5.41) is 1.17. The highest BCUT2D eigenvalue weighted by atomic mass is 127. The number of benzene rings is 1. The first-order valence-electron chi connectivity index (χ1n) is 6.27. The van der Waals surface area contributed by atoms with Crippen molar-refractivity contribution < 1.29 is 4.79 Å². The second kappa shape index (κ2) is 5.32. The molecule has 2 aromatic rings. The molecule has 0 radical (unpaired) electrons. The molecule has 5 heteroatoms. The van der Waals surface area contributed by atoms with Crippen LogP contribution in [0.2, 0.25) is 0 Å². The summed E-state index contributed by atoms with van der Waals surface area (Å²) in [6, 6.07) is 10.4. The second-order valence-corrected chi connectivity index (χ2v) is 5.88. The van der Waals surface area contributed by atoms with Gasteiger partial charge in [0.1, 0.15) is 5.82 Å². The predicted octanol–water partition coefficient (Wildman–Crippen LogP) is 2.12. The van der Waals surface area contributed by atoms with E-state index in [0.29, 0.717) is 0 Å². The van der Waals surface area contributed by atoms with Gasteiger partial charge in [-0.15, -0.1) is 0 Å². The summed E-state index contributed by atoms with van der Waals surface area (Å²) in [6.07, 6.45) is 0.924. The molecule has 0 aliphatic carbocycles. The summed E-state index contributed by atoms with van der Waals surface area (Å²) in [5.74, 6) is 0.999. The quantitative estimate of drug-likeness (QED) is 0.603. The zero-order valence-electron chi connectivity index (χ0n) is 10.4. The van der Waals surface area contributed by atoms with Crippen LogP contribution in [0.25, 0.3) is 10.9 Å². The lowest BCUT2D eigenvalue weighted by molar-refractivity contribution is -0.118. The van der Waals surface area contributed by atoms with Crippen molar-refractivity contribution in [3.63, 3.8) is 0 Å². The first-order valence-corrected chi connectivity index (χ1v) is 7.35. The van der Waals surface area contributed by atoms with Crippen molar-refractivity contribution in [2.24, 2.45) is 0 Å². The Labute approximate surface area is 125 Å². The molecule has 0 unspecified atom stereocenters. The molecule has 1 fully saturated rings. The SMILES string of the molecule is O=CN1CCN(c2ccc3cc(I)ccc3n2)CC1.